The monoisotopic (exact) mass is 404 g/mol. The summed E-state index contributed by atoms with van der Waals surface area (Å²) in [5.74, 6) is 0. The van der Waals surface area contributed by atoms with Crippen LogP contribution < -0.4 is 5.43 Å². The number of allylic oxidation sites excluding steroid dienone is 2. The highest BCUT2D eigenvalue weighted by atomic mass is 16.6. The molecule has 10 heteroatoms. The van der Waals surface area contributed by atoms with Gasteiger partial charge in [0.2, 0.25) is 0 Å². The number of nitrogens with zero attached hydrogens (tertiary/aromatic N) is 5. The predicted octanol–water partition coefficient (Wildman–Crippen LogP) is 4.10. The minimum atomic E-state index is -0.719. The molecule has 0 amide bonds. The molecule has 10 nitrogen and oxygen atoms in total. The molecule has 1 N–H and O–H groups in total. The van der Waals surface area contributed by atoms with Gasteiger partial charge in [-0.05, 0) is 17.2 Å². The lowest BCUT2D eigenvalue weighted by atomic mass is 10.1. The summed E-state index contributed by atoms with van der Waals surface area (Å²) in [6, 6.07) is 15.1. The molecule has 2 aromatic carbocycles. The van der Waals surface area contributed by atoms with Crippen LogP contribution in [0, 0.1) is 31.6 Å². The van der Waals surface area contributed by atoms with Crippen LogP contribution in [0.4, 0.5) is 17.1 Å². The molecule has 0 saturated heterocycles. The molecule has 0 aromatic heterocycles. The first-order valence-corrected chi connectivity index (χ1v) is 8.79. The molecular weight excluding hydrogens is 388 g/mol. The molecule has 30 heavy (non-hydrogen) atoms. The Morgan fingerprint density at radius 2 is 1.90 bits per heavy atom. The first kappa shape index (κ1) is 20.2. The molecule has 0 radical (unpaired) electrons. The Labute approximate surface area is 171 Å². The van der Waals surface area contributed by atoms with Gasteiger partial charge in [-0.15, -0.1) is 0 Å². The summed E-state index contributed by atoms with van der Waals surface area (Å²) < 4.78 is 0. The Balaban J connectivity index is 1.76. The molecule has 0 atom stereocenters. The third-order valence-corrected chi connectivity index (χ3v) is 4.20. The van der Waals surface area contributed by atoms with Crippen LogP contribution in [0.1, 0.15) is 12.0 Å². The van der Waals surface area contributed by atoms with Crippen LogP contribution in [-0.2, 0) is 6.54 Å². The molecule has 0 bridgehead atoms. The van der Waals surface area contributed by atoms with Crippen molar-refractivity contribution in [3.8, 4) is 6.07 Å². The van der Waals surface area contributed by atoms with Crippen LogP contribution in [0.5, 0.6) is 0 Å². The van der Waals surface area contributed by atoms with Gasteiger partial charge >= 0.3 is 5.69 Å². The number of hydrogen-bond acceptors (Lipinski definition) is 8. The van der Waals surface area contributed by atoms with Crippen LogP contribution in [-0.4, -0.2) is 21.0 Å². The van der Waals surface area contributed by atoms with Gasteiger partial charge in [-0.25, -0.2) is 0 Å². The Kier molecular flexibility index (Phi) is 6.14. The smallest absolute Gasteiger partial charge is 0.301 e. The molecule has 1 aliphatic rings. The third kappa shape index (κ3) is 5.05. The van der Waals surface area contributed by atoms with Crippen LogP contribution in [0.15, 0.2) is 77.2 Å². The Hall–Kier alpha value is -4.52. The highest BCUT2D eigenvalue weighted by Gasteiger charge is 2.19. The van der Waals surface area contributed by atoms with Gasteiger partial charge in [0.1, 0.15) is 5.69 Å². The Morgan fingerprint density at radius 3 is 2.57 bits per heavy atom. The van der Waals surface area contributed by atoms with E-state index in [1.807, 2.05) is 41.4 Å². The number of non-ortho nitro benzene ring substituents is 1. The molecular formula is C20H16N6O4. The molecule has 0 fully saturated rings. The van der Waals surface area contributed by atoms with Crippen LogP contribution >= 0.6 is 0 Å². The molecule has 0 saturated carbocycles. The zero-order chi connectivity index (χ0) is 21.5. The quantitative estimate of drug-likeness (QED) is 0.416. The van der Waals surface area contributed by atoms with E-state index < -0.39 is 15.5 Å². The third-order valence-electron chi connectivity index (χ3n) is 4.20. The Morgan fingerprint density at radius 1 is 1.13 bits per heavy atom. The summed E-state index contributed by atoms with van der Waals surface area (Å²) >= 11 is 0. The maximum absolute atomic E-state index is 11.2. The fourth-order valence-electron chi connectivity index (χ4n) is 2.86. The maximum atomic E-state index is 11.2. The number of rotatable bonds is 7. The first-order valence-electron chi connectivity index (χ1n) is 8.79. The lowest BCUT2D eigenvalue weighted by Gasteiger charge is -2.21. The second kappa shape index (κ2) is 9.11. The van der Waals surface area contributed by atoms with Gasteiger partial charge in [0.05, 0.1) is 33.8 Å². The van der Waals surface area contributed by atoms with E-state index >= 15 is 0 Å². The SMILES string of the molecule is N#CC1=CN(Cc2ccccc2)C=C(C=NNc2ccc([N+](=O)[O-])cc2[N+](=O)[O-])C1. The Bertz CT molecular complexity index is 1100. The van der Waals surface area contributed by atoms with Crippen LogP contribution in [0.3, 0.4) is 0 Å². The fraction of sp³-hybridized carbons (Fsp3) is 0.100. The van der Waals surface area contributed by atoms with Crippen molar-refractivity contribution in [2.24, 2.45) is 5.10 Å². The second-order valence-electron chi connectivity index (χ2n) is 6.39. The van der Waals surface area contributed by atoms with Crippen molar-refractivity contribution >= 4 is 23.3 Å². The number of nitrogens with one attached hydrogen (secondary N) is 1. The number of hydrazone groups is 1. The van der Waals surface area contributed by atoms with Gasteiger partial charge in [0, 0.05) is 31.4 Å². The normalized spacial score (nSPS) is 13.4. The molecule has 0 spiro atoms. The molecule has 150 valence electrons. The average molecular weight is 404 g/mol. The van der Waals surface area contributed by atoms with Gasteiger partial charge < -0.3 is 4.90 Å². The zero-order valence-electron chi connectivity index (χ0n) is 15.6. The van der Waals surface area contributed by atoms with E-state index in [1.165, 1.54) is 12.3 Å². The van der Waals surface area contributed by atoms with Crippen LogP contribution in [0.25, 0.3) is 0 Å². The summed E-state index contributed by atoms with van der Waals surface area (Å²) in [5.41, 5.74) is 4.08. The molecule has 2 aromatic rings. The number of nitro groups is 2. The van der Waals surface area contributed by atoms with Crippen molar-refractivity contribution in [2.45, 2.75) is 13.0 Å². The number of hydrogen-bond donors (Lipinski definition) is 1. The van der Waals surface area contributed by atoms with Gasteiger partial charge in [0.25, 0.3) is 5.69 Å². The second-order valence-corrected chi connectivity index (χ2v) is 6.39. The van der Waals surface area contributed by atoms with E-state index in [9.17, 15) is 25.5 Å². The van der Waals surface area contributed by atoms with E-state index in [2.05, 4.69) is 16.6 Å². The topological polar surface area (TPSA) is 138 Å². The zero-order valence-corrected chi connectivity index (χ0v) is 15.6. The fourth-order valence-corrected chi connectivity index (χ4v) is 2.86. The van der Waals surface area contributed by atoms with Crippen molar-refractivity contribution in [3.05, 3.63) is 97.9 Å². The highest BCUT2D eigenvalue weighted by molar-refractivity contribution is 5.81. The summed E-state index contributed by atoms with van der Waals surface area (Å²) in [5, 5.41) is 35.3. The minimum Gasteiger partial charge on any atom is -0.349 e. The highest BCUT2D eigenvalue weighted by Crippen LogP contribution is 2.29. The number of nitriles is 1. The van der Waals surface area contributed by atoms with Crippen molar-refractivity contribution < 1.29 is 9.85 Å². The van der Waals surface area contributed by atoms with Crippen molar-refractivity contribution in [2.75, 3.05) is 5.43 Å². The summed E-state index contributed by atoms with van der Waals surface area (Å²) in [4.78, 5) is 22.5. The van der Waals surface area contributed by atoms with Gasteiger partial charge in [0.15, 0.2) is 0 Å². The number of nitro benzene ring substituents is 2. The average Bonchev–Trinajstić information content (AvgIpc) is 2.74. The lowest BCUT2D eigenvalue weighted by molar-refractivity contribution is -0.393. The predicted molar refractivity (Wildman–Crippen MR) is 110 cm³/mol. The van der Waals surface area contributed by atoms with E-state index in [0.717, 1.165) is 23.3 Å². The first-order chi connectivity index (χ1) is 14.5. The summed E-state index contributed by atoms with van der Waals surface area (Å²) in [6.45, 7) is 0.574. The van der Waals surface area contributed by atoms with E-state index in [4.69, 9.17) is 0 Å². The minimum absolute atomic E-state index is 0.0236. The van der Waals surface area contributed by atoms with Crippen molar-refractivity contribution in [1.82, 2.24) is 4.90 Å². The molecule has 0 aliphatic carbocycles. The molecule has 0 unspecified atom stereocenters. The standard InChI is InChI=1S/C20H16N6O4/c21-10-16-8-17(14-24(13-16)12-15-4-2-1-3-5-15)11-22-23-19-7-6-18(25(27)28)9-20(19)26(29)30/h1-7,9,11,13-14,23H,8,12H2. The molecule has 1 aliphatic heterocycles. The molecule has 1 heterocycles. The van der Waals surface area contributed by atoms with E-state index in [1.54, 1.807) is 6.20 Å². The summed E-state index contributed by atoms with van der Waals surface area (Å²) in [6.07, 6.45) is 5.44. The van der Waals surface area contributed by atoms with E-state index in [-0.39, 0.29) is 11.4 Å². The number of benzene rings is 2. The summed E-state index contributed by atoms with van der Waals surface area (Å²) in [7, 11) is 0. The van der Waals surface area contributed by atoms with Crippen molar-refractivity contribution in [3.63, 3.8) is 0 Å². The number of anilines is 1. The van der Waals surface area contributed by atoms with Crippen LogP contribution in [0.2, 0.25) is 0 Å². The van der Waals surface area contributed by atoms with Gasteiger partial charge in [-0.1, -0.05) is 30.3 Å². The molecule has 3 rings (SSSR count). The lowest BCUT2D eigenvalue weighted by Crippen LogP contribution is -2.15. The van der Waals surface area contributed by atoms with Crippen molar-refractivity contribution in [1.29, 1.82) is 5.26 Å². The van der Waals surface area contributed by atoms with Gasteiger partial charge in [-0.3, -0.25) is 25.7 Å². The largest absolute Gasteiger partial charge is 0.349 e. The van der Waals surface area contributed by atoms with E-state index in [0.29, 0.717) is 18.5 Å². The maximum Gasteiger partial charge on any atom is 0.301 e. The van der Waals surface area contributed by atoms with Gasteiger partial charge in [-0.2, -0.15) is 10.4 Å².